The first-order valence-electron chi connectivity index (χ1n) is 10.4. The van der Waals surface area contributed by atoms with Crippen LogP contribution in [0, 0.1) is 13.8 Å². The molecule has 0 fully saturated rings. The van der Waals surface area contributed by atoms with Crippen molar-refractivity contribution in [1.82, 2.24) is 4.90 Å². The third-order valence-corrected chi connectivity index (χ3v) is 7.16. The second-order valence-corrected chi connectivity index (χ2v) is 9.98. The van der Waals surface area contributed by atoms with Crippen LogP contribution in [-0.2, 0) is 16.6 Å². The van der Waals surface area contributed by atoms with Gasteiger partial charge in [0.05, 0.1) is 24.9 Å². The number of ether oxygens (including phenoxy) is 2. The van der Waals surface area contributed by atoms with E-state index in [4.69, 9.17) is 21.1 Å². The van der Waals surface area contributed by atoms with Crippen LogP contribution >= 0.6 is 11.6 Å². The summed E-state index contributed by atoms with van der Waals surface area (Å²) < 4.78 is 39.3. The van der Waals surface area contributed by atoms with Crippen molar-refractivity contribution in [3.63, 3.8) is 0 Å². The molecule has 3 aromatic carbocycles. The predicted octanol–water partition coefficient (Wildman–Crippen LogP) is 5.05. The number of carbonyl (C=O) groups is 1. The first-order chi connectivity index (χ1) is 16.1. The molecule has 0 aliphatic heterocycles. The number of anilines is 1. The molecule has 0 aromatic heterocycles. The molecule has 3 aromatic rings. The number of nitrogens with zero attached hydrogens (tertiary/aromatic N) is 1. The lowest BCUT2D eigenvalue weighted by Crippen LogP contribution is -2.26. The Bertz CT molecular complexity index is 1320. The van der Waals surface area contributed by atoms with Crippen LogP contribution in [0.2, 0.25) is 5.02 Å². The third-order valence-electron chi connectivity index (χ3n) is 5.31. The Hall–Kier alpha value is -3.23. The van der Waals surface area contributed by atoms with E-state index in [9.17, 15) is 13.2 Å². The quantitative estimate of drug-likeness (QED) is 0.466. The first-order valence-corrected chi connectivity index (χ1v) is 12.3. The van der Waals surface area contributed by atoms with Crippen molar-refractivity contribution in [2.75, 3.05) is 26.0 Å². The molecule has 9 heteroatoms. The van der Waals surface area contributed by atoms with Gasteiger partial charge in [0.15, 0.2) is 11.5 Å². The number of carbonyl (C=O) groups excluding carboxylic acids is 1. The molecule has 0 spiro atoms. The highest BCUT2D eigenvalue weighted by Crippen LogP contribution is 2.29. The van der Waals surface area contributed by atoms with Gasteiger partial charge in [-0.3, -0.25) is 9.52 Å². The topological polar surface area (TPSA) is 84.9 Å². The summed E-state index contributed by atoms with van der Waals surface area (Å²) in [5.41, 5.74) is 3.27. The zero-order valence-corrected chi connectivity index (χ0v) is 21.3. The van der Waals surface area contributed by atoms with Gasteiger partial charge in [0, 0.05) is 19.2 Å². The average Bonchev–Trinajstić information content (AvgIpc) is 2.80. The fraction of sp³-hybridized carbons (Fsp3) is 0.240. The number of hydrogen-bond donors (Lipinski definition) is 1. The predicted molar refractivity (Wildman–Crippen MR) is 134 cm³/mol. The number of aryl methyl sites for hydroxylation is 2. The van der Waals surface area contributed by atoms with E-state index in [0.717, 1.165) is 16.7 Å². The molecule has 0 saturated carbocycles. The molecule has 0 bridgehead atoms. The molecule has 0 aliphatic carbocycles. The molecule has 0 aliphatic rings. The number of benzene rings is 3. The van der Waals surface area contributed by atoms with Crippen LogP contribution < -0.4 is 14.2 Å². The molecule has 0 unspecified atom stereocenters. The molecule has 0 saturated heterocycles. The van der Waals surface area contributed by atoms with Crippen molar-refractivity contribution in [2.45, 2.75) is 25.3 Å². The molecule has 1 amide bonds. The van der Waals surface area contributed by atoms with E-state index in [-0.39, 0.29) is 27.9 Å². The SMILES string of the molecule is COc1ccc(CN(C)C(=O)c2ccc(Cl)c(S(=O)(=O)Nc3ccc(C)cc3C)c2)cc1OC. The van der Waals surface area contributed by atoms with E-state index in [1.165, 1.54) is 30.2 Å². The number of rotatable bonds is 8. The monoisotopic (exact) mass is 502 g/mol. The fourth-order valence-electron chi connectivity index (χ4n) is 3.52. The van der Waals surface area contributed by atoms with Crippen LogP contribution in [0.5, 0.6) is 11.5 Å². The Morgan fingerprint density at radius 3 is 2.32 bits per heavy atom. The fourth-order valence-corrected chi connectivity index (χ4v) is 5.17. The lowest BCUT2D eigenvalue weighted by Gasteiger charge is -2.19. The number of halogens is 1. The van der Waals surface area contributed by atoms with Crippen molar-refractivity contribution in [1.29, 1.82) is 0 Å². The highest BCUT2D eigenvalue weighted by atomic mass is 35.5. The smallest absolute Gasteiger partial charge is 0.263 e. The number of hydrogen-bond acceptors (Lipinski definition) is 5. The van der Waals surface area contributed by atoms with Gasteiger partial charge in [0.25, 0.3) is 15.9 Å². The van der Waals surface area contributed by atoms with Crippen molar-refractivity contribution < 1.29 is 22.7 Å². The molecule has 0 radical (unpaired) electrons. The molecular formula is C25H27ClN2O5S. The summed E-state index contributed by atoms with van der Waals surface area (Å²) in [6.45, 7) is 4.02. The van der Waals surface area contributed by atoms with Gasteiger partial charge in [-0.2, -0.15) is 0 Å². The van der Waals surface area contributed by atoms with Gasteiger partial charge >= 0.3 is 0 Å². The van der Waals surface area contributed by atoms with Crippen LogP contribution in [0.4, 0.5) is 5.69 Å². The molecule has 7 nitrogen and oxygen atoms in total. The van der Waals surface area contributed by atoms with E-state index in [0.29, 0.717) is 17.2 Å². The first kappa shape index (κ1) is 25.4. The van der Waals surface area contributed by atoms with Crippen molar-refractivity contribution >= 4 is 33.2 Å². The molecule has 3 rings (SSSR count). The number of methoxy groups -OCH3 is 2. The van der Waals surface area contributed by atoms with Crippen molar-refractivity contribution in [3.05, 3.63) is 81.9 Å². The summed E-state index contributed by atoms with van der Waals surface area (Å²) in [6.07, 6.45) is 0. The van der Waals surface area contributed by atoms with Gasteiger partial charge in [-0.05, 0) is 61.4 Å². The van der Waals surface area contributed by atoms with E-state index in [1.54, 1.807) is 32.4 Å². The number of sulfonamides is 1. The average molecular weight is 503 g/mol. The Morgan fingerprint density at radius 1 is 0.971 bits per heavy atom. The summed E-state index contributed by atoms with van der Waals surface area (Å²) in [7, 11) is 0.705. The summed E-state index contributed by atoms with van der Waals surface area (Å²) >= 11 is 6.22. The molecular weight excluding hydrogens is 476 g/mol. The molecule has 1 N–H and O–H groups in total. The second-order valence-electron chi connectivity index (χ2n) is 7.92. The summed E-state index contributed by atoms with van der Waals surface area (Å²) in [6, 6.07) is 15.0. The summed E-state index contributed by atoms with van der Waals surface area (Å²) in [5.74, 6) is 0.789. The Kier molecular flexibility index (Phi) is 7.74. The van der Waals surface area contributed by atoms with Gasteiger partial charge in [-0.1, -0.05) is 35.4 Å². The summed E-state index contributed by atoms with van der Waals surface area (Å²) in [4.78, 5) is 14.4. The Balaban J connectivity index is 1.85. The van der Waals surface area contributed by atoms with Crippen LogP contribution in [0.15, 0.2) is 59.5 Å². The van der Waals surface area contributed by atoms with Crippen molar-refractivity contribution in [3.8, 4) is 11.5 Å². The van der Waals surface area contributed by atoms with Crippen LogP contribution in [-0.4, -0.2) is 40.5 Å². The maximum atomic E-state index is 13.1. The highest BCUT2D eigenvalue weighted by Gasteiger charge is 2.22. The van der Waals surface area contributed by atoms with Crippen LogP contribution in [0.3, 0.4) is 0 Å². The van der Waals surface area contributed by atoms with Gasteiger partial charge in [-0.25, -0.2) is 8.42 Å². The summed E-state index contributed by atoms with van der Waals surface area (Å²) in [5, 5.41) is 0.0244. The minimum absolute atomic E-state index is 0.0244. The normalized spacial score (nSPS) is 11.1. The minimum Gasteiger partial charge on any atom is -0.493 e. The van der Waals surface area contributed by atoms with Crippen LogP contribution in [0.25, 0.3) is 0 Å². The number of nitrogens with one attached hydrogen (secondary N) is 1. The van der Waals surface area contributed by atoms with Gasteiger partial charge in [0.1, 0.15) is 4.90 Å². The molecule has 34 heavy (non-hydrogen) atoms. The van der Waals surface area contributed by atoms with Gasteiger partial charge in [-0.15, -0.1) is 0 Å². The zero-order chi connectivity index (χ0) is 25.0. The van der Waals surface area contributed by atoms with E-state index in [1.807, 2.05) is 32.0 Å². The van der Waals surface area contributed by atoms with Crippen molar-refractivity contribution in [2.24, 2.45) is 0 Å². The lowest BCUT2D eigenvalue weighted by atomic mass is 10.1. The maximum Gasteiger partial charge on any atom is 0.263 e. The van der Waals surface area contributed by atoms with Crippen LogP contribution in [0.1, 0.15) is 27.0 Å². The van der Waals surface area contributed by atoms with E-state index < -0.39 is 10.0 Å². The lowest BCUT2D eigenvalue weighted by molar-refractivity contribution is 0.0784. The van der Waals surface area contributed by atoms with Gasteiger partial charge in [0.2, 0.25) is 0 Å². The van der Waals surface area contributed by atoms with E-state index >= 15 is 0 Å². The standard InChI is InChI=1S/C25H27ClN2O5S/c1-16-6-10-21(17(2)12-16)27-34(30,31)24-14-19(8-9-20(24)26)25(29)28(3)15-18-7-11-22(32-4)23(13-18)33-5/h6-14,27H,15H2,1-5H3. The Morgan fingerprint density at radius 2 is 1.68 bits per heavy atom. The Labute approximate surface area is 205 Å². The molecule has 0 atom stereocenters. The molecule has 180 valence electrons. The van der Waals surface area contributed by atoms with Gasteiger partial charge < -0.3 is 14.4 Å². The second kappa shape index (κ2) is 10.4. The minimum atomic E-state index is -4.02. The molecule has 0 heterocycles. The van der Waals surface area contributed by atoms with E-state index in [2.05, 4.69) is 4.72 Å². The maximum absolute atomic E-state index is 13.1. The third kappa shape index (κ3) is 5.63. The largest absolute Gasteiger partial charge is 0.493 e. The highest BCUT2D eigenvalue weighted by molar-refractivity contribution is 7.92. The zero-order valence-electron chi connectivity index (χ0n) is 19.7. The number of amides is 1.